The molecule has 3 rings (SSSR count). The Morgan fingerprint density at radius 2 is 1.81 bits per heavy atom. The molecule has 0 aliphatic rings. The van der Waals surface area contributed by atoms with Crippen LogP contribution in [-0.2, 0) is 15.4 Å². The molecule has 0 bridgehead atoms. The molecule has 11 heteroatoms. The summed E-state index contributed by atoms with van der Waals surface area (Å²) < 4.78 is 29.7. The Morgan fingerprint density at radius 1 is 1.15 bits per heavy atom. The van der Waals surface area contributed by atoms with E-state index < -0.39 is 10.0 Å². The average molecular weight is 432 g/mol. The highest BCUT2D eigenvalue weighted by Crippen LogP contribution is 2.35. The van der Waals surface area contributed by atoms with E-state index in [1.165, 1.54) is 10.7 Å². The van der Waals surface area contributed by atoms with Gasteiger partial charge in [0.2, 0.25) is 0 Å². The molecule has 138 valence electrons. The largest absolute Gasteiger partial charge is 0.265 e. The Labute approximate surface area is 165 Å². The highest BCUT2D eigenvalue weighted by molar-refractivity contribution is 7.93. The van der Waals surface area contributed by atoms with Crippen molar-refractivity contribution in [2.75, 3.05) is 4.72 Å². The van der Waals surface area contributed by atoms with Crippen molar-refractivity contribution < 1.29 is 8.42 Å². The third-order valence-corrected chi connectivity index (χ3v) is 6.48. The highest BCUT2D eigenvalue weighted by atomic mass is 35.5. The molecular weight excluding hydrogens is 417 g/mol. The molecule has 1 N–H and O–H groups in total. The zero-order valence-electron chi connectivity index (χ0n) is 14.1. The van der Waals surface area contributed by atoms with Crippen LogP contribution in [-0.4, -0.2) is 28.2 Å². The van der Waals surface area contributed by atoms with Crippen molar-refractivity contribution in [1.82, 2.24) is 19.7 Å². The zero-order chi connectivity index (χ0) is 19.1. The van der Waals surface area contributed by atoms with Crippen molar-refractivity contribution in [3.8, 4) is 5.95 Å². The molecule has 3 aromatic rings. The van der Waals surface area contributed by atoms with Crippen molar-refractivity contribution in [2.45, 2.75) is 31.1 Å². The fourth-order valence-corrected chi connectivity index (χ4v) is 5.26. The molecular formula is C15H15Cl2N5O2S2. The minimum Gasteiger partial charge on any atom is -0.263 e. The average Bonchev–Trinajstić information content (AvgIpc) is 3.11. The van der Waals surface area contributed by atoms with Crippen LogP contribution in [0.3, 0.4) is 0 Å². The number of halogens is 2. The summed E-state index contributed by atoms with van der Waals surface area (Å²) >= 11 is 12.8. The van der Waals surface area contributed by atoms with E-state index in [0.29, 0.717) is 5.69 Å². The number of thiophene rings is 1. The van der Waals surface area contributed by atoms with Gasteiger partial charge in [-0.25, -0.2) is 18.4 Å². The molecule has 0 fully saturated rings. The van der Waals surface area contributed by atoms with E-state index in [4.69, 9.17) is 23.2 Å². The molecule has 7 nitrogen and oxygen atoms in total. The molecule has 0 radical (unpaired) electrons. The monoisotopic (exact) mass is 431 g/mol. The summed E-state index contributed by atoms with van der Waals surface area (Å²) in [6, 6.07) is 4.62. The molecule has 0 aliphatic heterocycles. The Hall–Kier alpha value is -1.68. The molecule has 0 aliphatic carbocycles. The lowest BCUT2D eigenvalue weighted by molar-refractivity contribution is 0.558. The normalized spacial score (nSPS) is 12.3. The van der Waals surface area contributed by atoms with Gasteiger partial charge in [0.25, 0.3) is 16.0 Å². The number of hydrogen-bond acceptors (Lipinski definition) is 6. The lowest BCUT2D eigenvalue weighted by atomic mass is 9.92. The Kier molecular flexibility index (Phi) is 5.00. The number of sulfonamides is 1. The van der Waals surface area contributed by atoms with Gasteiger partial charge in [0.1, 0.15) is 15.0 Å². The topological polar surface area (TPSA) is 89.8 Å². The van der Waals surface area contributed by atoms with Crippen LogP contribution in [0.1, 0.15) is 26.5 Å². The van der Waals surface area contributed by atoms with Crippen LogP contribution in [0.25, 0.3) is 5.95 Å². The van der Waals surface area contributed by atoms with Gasteiger partial charge in [-0.2, -0.15) is 9.78 Å². The SMILES string of the molecule is CC(C)(C)c1cc(NS(=O)(=O)c2cc(Cl)sc2Cl)n(-c2ncccn2)n1. The lowest BCUT2D eigenvalue weighted by Gasteiger charge is -2.13. The highest BCUT2D eigenvalue weighted by Gasteiger charge is 2.26. The van der Waals surface area contributed by atoms with Crippen molar-refractivity contribution in [3.63, 3.8) is 0 Å². The minimum absolute atomic E-state index is 0.0839. The molecule has 0 spiro atoms. The maximum Gasteiger partial charge on any atom is 0.265 e. The third-order valence-electron chi connectivity index (χ3n) is 3.37. The summed E-state index contributed by atoms with van der Waals surface area (Å²) in [6.07, 6.45) is 3.10. The predicted molar refractivity (Wildman–Crippen MR) is 103 cm³/mol. The van der Waals surface area contributed by atoms with Crippen LogP contribution in [0.4, 0.5) is 5.82 Å². The van der Waals surface area contributed by atoms with E-state index in [2.05, 4.69) is 19.8 Å². The summed E-state index contributed by atoms with van der Waals surface area (Å²) in [5.41, 5.74) is 0.376. The second-order valence-electron chi connectivity index (χ2n) is 6.42. The van der Waals surface area contributed by atoms with E-state index >= 15 is 0 Å². The van der Waals surface area contributed by atoms with Crippen LogP contribution < -0.4 is 4.72 Å². The standard InChI is InChI=1S/C15H15Cl2N5O2S2/c1-15(2,3)10-8-12(22(20-10)14-18-5-4-6-19-14)21-26(23,24)9-7-11(16)25-13(9)17/h4-8,21H,1-3H3. The summed E-state index contributed by atoms with van der Waals surface area (Å²) in [6.45, 7) is 5.91. The predicted octanol–water partition coefficient (Wildman–Crippen LogP) is 4.13. The van der Waals surface area contributed by atoms with Gasteiger partial charge in [0.15, 0.2) is 0 Å². The Morgan fingerprint density at radius 3 is 2.35 bits per heavy atom. The molecule has 0 unspecified atom stereocenters. The second-order valence-corrected chi connectivity index (χ2v) is 10.4. The number of anilines is 1. The maximum atomic E-state index is 12.7. The summed E-state index contributed by atoms with van der Waals surface area (Å²) in [5, 5.41) is 4.47. The van der Waals surface area contributed by atoms with E-state index in [1.807, 2.05) is 20.8 Å². The van der Waals surface area contributed by atoms with Crippen LogP contribution in [0.15, 0.2) is 35.5 Å². The van der Waals surface area contributed by atoms with E-state index in [-0.39, 0.29) is 30.7 Å². The van der Waals surface area contributed by atoms with Crippen LogP contribution in [0, 0.1) is 0 Å². The van der Waals surface area contributed by atoms with Crippen molar-refractivity contribution in [2.24, 2.45) is 0 Å². The minimum atomic E-state index is -3.96. The number of nitrogens with zero attached hydrogens (tertiary/aromatic N) is 4. The van der Waals surface area contributed by atoms with Crippen molar-refractivity contribution >= 4 is 50.4 Å². The van der Waals surface area contributed by atoms with Crippen LogP contribution >= 0.6 is 34.5 Å². The maximum absolute atomic E-state index is 12.7. The van der Waals surface area contributed by atoms with Gasteiger partial charge in [0, 0.05) is 23.9 Å². The lowest BCUT2D eigenvalue weighted by Crippen LogP contribution is -2.16. The fourth-order valence-electron chi connectivity index (χ4n) is 2.07. The molecule has 0 saturated heterocycles. The number of rotatable bonds is 4. The van der Waals surface area contributed by atoms with E-state index in [9.17, 15) is 8.42 Å². The van der Waals surface area contributed by atoms with Gasteiger partial charge in [-0.05, 0) is 12.1 Å². The van der Waals surface area contributed by atoms with E-state index in [0.717, 1.165) is 11.3 Å². The van der Waals surface area contributed by atoms with Gasteiger partial charge < -0.3 is 0 Å². The molecule has 3 aromatic heterocycles. The van der Waals surface area contributed by atoms with E-state index in [1.54, 1.807) is 24.5 Å². The first-order valence-electron chi connectivity index (χ1n) is 7.43. The Bertz CT molecular complexity index is 1040. The third kappa shape index (κ3) is 3.85. The summed E-state index contributed by atoms with van der Waals surface area (Å²) in [7, 11) is -3.96. The first-order valence-corrected chi connectivity index (χ1v) is 10.5. The smallest absolute Gasteiger partial charge is 0.263 e. The van der Waals surface area contributed by atoms with Gasteiger partial charge >= 0.3 is 0 Å². The van der Waals surface area contributed by atoms with Gasteiger partial charge in [-0.1, -0.05) is 44.0 Å². The number of aromatic nitrogens is 4. The summed E-state index contributed by atoms with van der Waals surface area (Å²) in [5.74, 6) is 0.453. The molecule has 0 atom stereocenters. The van der Waals surface area contributed by atoms with Crippen molar-refractivity contribution in [3.05, 3.63) is 45.0 Å². The molecule has 0 saturated carbocycles. The number of hydrogen-bond donors (Lipinski definition) is 1. The molecule has 0 aromatic carbocycles. The molecule has 26 heavy (non-hydrogen) atoms. The summed E-state index contributed by atoms with van der Waals surface area (Å²) in [4.78, 5) is 8.19. The molecule has 0 amide bonds. The first-order chi connectivity index (χ1) is 12.1. The molecule has 3 heterocycles. The second kappa shape index (κ2) is 6.80. The Balaban J connectivity index is 2.09. The van der Waals surface area contributed by atoms with Gasteiger partial charge in [0.05, 0.1) is 10.0 Å². The fraction of sp³-hybridized carbons (Fsp3) is 0.267. The van der Waals surface area contributed by atoms with Crippen LogP contribution in [0.5, 0.6) is 0 Å². The first kappa shape index (κ1) is 19.1. The van der Waals surface area contributed by atoms with Gasteiger partial charge in [-0.3, -0.25) is 4.72 Å². The van der Waals surface area contributed by atoms with Crippen molar-refractivity contribution in [1.29, 1.82) is 0 Å². The number of nitrogens with one attached hydrogen (secondary N) is 1. The van der Waals surface area contributed by atoms with Crippen LogP contribution in [0.2, 0.25) is 8.67 Å². The quantitative estimate of drug-likeness (QED) is 0.670. The van der Waals surface area contributed by atoms with Gasteiger partial charge in [-0.15, -0.1) is 11.3 Å². The zero-order valence-corrected chi connectivity index (χ0v) is 17.2.